The molecule has 0 aliphatic heterocycles. The Labute approximate surface area is 195 Å². The number of aromatic nitrogens is 1. The molecule has 10 heteroatoms. The molecule has 0 radical (unpaired) electrons. The first kappa shape index (κ1) is 25.3. The number of carbonyl (C=O) groups is 2. The number of anilines is 1. The monoisotopic (exact) mass is 470 g/mol. The summed E-state index contributed by atoms with van der Waals surface area (Å²) < 4.78 is 4.51. The molecule has 0 bridgehead atoms. The molecule has 0 atom stereocenters. The maximum atomic E-state index is 12.0. The van der Waals surface area contributed by atoms with Gasteiger partial charge in [-0.1, -0.05) is 29.8 Å². The number of aryl methyl sites for hydroxylation is 1. The van der Waals surface area contributed by atoms with Crippen molar-refractivity contribution in [3.8, 4) is 0 Å². The molecule has 0 saturated carbocycles. The maximum absolute atomic E-state index is 12.0. The number of nitrogens with zero attached hydrogens (tertiary/aromatic N) is 2. The van der Waals surface area contributed by atoms with E-state index in [1.54, 1.807) is 24.4 Å². The van der Waals surface area contributed by atoms with Crippen LogP contribution < -0.4 is 11.1 Å². The number of benzene rings is 2. The van der Waals surface area contributed by atoms with E-state index in [2.05, 4.69) is 15.0 Å². The number of rotatable bonds is 7. The summed E-state index contributed by atoms with van der Waals surface area (Å²) in [5.41, 5.74) is 7.84. The van der Waals surface area contributed by atoms with Gasteiger partial charge < -0.3 is 15.8 Å². The number of nitro benzene ring substituents is 1. The first-order chi connectivity index (χ1) is 15.8. The minimum Gasteiger partial charge on any atom is -0.469 e. The predicted molar refractivity (Wildman–Crippen MR) is 125 cm³/mol. The Morgan fingerprint density at radius 3 is 2.58 bits per heavy atom. The van der Waals surface area contributed by atoms with Crippen LogP contribution >= 0.6 is 11.6 Å². The Balaban J connectivity index is 0.000000273. The average Bonchev–Trinajstić information content (AvgIpc) is 2.82. The summed E-state index contributed by atoms with van der Waals surface area (Å²) in [6.45, 7) is 0.169. The number of methoxy groups -OCH3 is 1. The SMILES string of the molecule is COC(=O)CCc1ccccn1.Nc1cc(Cl)ccc1C(=O)NCc1cccc([N+](=O)[O-])c1. The number of hydrogen-bond acceptors (Lipinski definition) is 7. The Morgan fingerprint density at radius 1 is 1.15 bits per heavy atom. The van der Waals surface area contributed by atoms with E-state index in [1.165, 1.54) is 31.4 Å². The zero-order valence-corrected chi connectivity index (χ0v) is 18.6. The van der Waals surface area contributed by atoms with Gasteiger partial charge in [0.05, 0.1) is 24.0 Å². The number of nitrogens with one attached hydrogen (secondary N) is 1. The number of nitrogens with two attached hydrogens (primary N) is 1. The van der Waals surface area contributed by atoms with Gasteiger partial charge in [-0.25, -0.2) is 0 Å². The van der Waals surface area contributed by atoms with Crippen molar-refractivity contribution in [2.45, 2.75) is 19.4 Å². The topological polar surface area (TPSA) is 137 Å². The number of nitro groups is 1. The lowest BCUT2D eigenvalue weighted by Crippen LogP contribution is -2.23. The summed E-state index contributed by atoms with van der Waals surface area (Å²) in [5.74, 6) is -0.559. The number of non-ortho nitro benzene ring substituents is 1. The van der Waals surface area contributed by atoms with Crippen LogP contribution in [0.1, 0.15) is 28.0 Å². The highest BCUT2D eigenvalue weighted by Gasteiger charge is 2.11. The largest absolute Gasteiger partial charge is 0.469 e. The molecule has 3 rings (SSSR count). The molecule has 0 aliphatic rings. The molecule has 0 spiro atoms. The summed E-state index contributed by atoms with van der Waals surface area (Å²) in [4.78, 5) is 37.0. The third-order valence-electron chi connectivity index (χ3n) is 4.37. The number of nitrogen functional groups attached to an aromatic ring is 1. The van der Waals surface area contributed by atoms with E-state index >= 15 is 0 Å². The van der Waals surface area contributed by atoms with Crippen LogP contribution in [0.4, 0.5) is 11.4 Å². The lowest BCUT2D eigenvalue weighted by molar-refractivity contribution is -0.384. The molecule has 1 aromatic heterocycles. The van der Waals surface area contributed by atoms with E-state index < -0.39 is 4.92 Å². The molecule has 172 valence electrons. The molecule has 0 saturated heterocycles. The number of hydrogen-bond donors (Lipinski definition) is 2. The summed E-state index contributed by atoms with van der Waals surface area (Å²) in [6, 6.07) is 16.3. The molecule has 3 N–H and O–H groups in total. The van der Waals surface area contributed by atoms with E-state index in [0.717, 1.165) is 5.69 Å². The molecule has 9 nitrogen and oxygen atoms in total. The summed E-state index contributed by atoms with van der Waals surface area (Å²) >= 11 is 5.77. The fourth-order valence-corrected chi connectivity index (χ4v) is 2.86. The number of pyridine rings is 1. The van der Waals surface area contributed by atoms with Crippen molar-refractivity contribution < 1.29 is 19.2 Å². The first-order valence-corrected chi connectivity index (χ1v) is 10.2. The van der Waals surface area contributed by atoms with Crippen LogP contribution in [0.5, 0.6) is 0 Å². The van der Waals surface area contributed by atoms with Crippen LogP contribution in [0.15, 0.2) is 66.9 Å². The van der Waals surface area contributed by atoms with Crippen molar-refractivity contribution in [2.24, 2.45) is 0 Å². The lowest BCUT2D eigenvalue weighted by Gasteiger charge is -2.08. The summed E-state index contributed by atoms with van der Waals surface area (Å²) in [7, 11) is 1.39. The van der Waals surface area contributed by atoms with Crippen LogP contribution in [-0.2, 0) is 22.5 Å². The number of amides is 1. The zero-order valence-electron chi connectivity index (χ0n) is 17.9. The highest BCUT2D eigenvalue weighted by atomic mass is 35.5. The Morgan fingerprint density at radius 2 is 1.94 bits per heavy atom. The van der Waals surface area contributed by atoms with Gasteiger partial charge in [0.25, 0.3) is 11.6 Å². The second-order valence-electron chi connectivity index (χ2n) is 6.74. The maximum Gasteiger partial charge on any atom is 0.305 e. The van der Waals surface area contributed by atoms with Crippen LogP contribution in [0, 0.1) is 10.1 Å². The molecule has 1 amide bonds. The van der Waals surface area contributed by atoms with Crippen molar-refractivity contribution in [3.05, 3.63) is 98.8 Å². The molecular formula is C23H23ClN4O5. The number of esters is 1. The molecule has 0 aliphatic carbocycles. The molecule has 33 heavy (non-hydrogen) atoms. The fraction of sp³-hybridized carbons (Fsp3) is 0.174. The molecule has 1 heterocycles. The zero-order chi connectivity index (χ0) is 24.2. The molecule has 0 unspecified atom stereocenters. The Kier molecular flexibility index (Phi) is 9.79. The average molecular weight is 471 g/mol. The van der Waals surface area contributed by atoms with Gasteiger partial charge in [0, 0.05) is 47.7 Å². The summed E-state index contributed by atoms with van der Waals surface area (Å²) in [5, 5.41) is 13.8. The van der Waals surface area contributed by atoms with E-state index in [4.69, 9.17) is 17.3 Å². The normalized spacial score (nSPS) is 9.88. The minimum atomic E-state index is -0.484. The highest BCUT2D eigenvalue weighted by molar-refractivity contribution is 6.31. The van der Waals surface area contributed by atoms with Crippen LogP contribution in [0.2, 0.25) is 5.02 Å². The molecule has 3 aromatic rings. The van der Waals surface area contributed by atoms with Gasteiger partial charge in [-0.15, -0.1) is 0 Å². The Bertz CT molecular complexity index is 1110. The van der Waals surface area contributed by atoms with Gasteiger partial charge in [-0.05, 0) is 35.9 Å². The third kappa shape index (κ3) is 8.58. The molecule has 2 aromatic carbocycles. The van der Waals surface area contributed by atoms with Crippen molar-refractivity contribution in [2.75, 3.05) is 12.8 Å². The molecular weight excluding hydrogens is 448 g/mol. The number of ether oxygens (including phenoxy) is 1. The Hall–Kier alpha value is -3.98. The number of halogens is 1. The van der Waals surface area contributed by atoms with Crippen LogP contribution in [0.25, 0.3) is 0 Å². The lowest BCUT2D eigenvalue weighted by atomic mass is 10.1. The predicted octanol–water partition coefficient (Wildman–Crippen LogP) is 3.95. The second kappa shape index (κ2) is 12.8. The van der Waals surface area contributed by atoms with E-state index in [9.17, 15) is 19.7 Å². The molecule has 0 fully saturated rings. The van der Waals surface area contributed by atoms with Crippen LogP contribution in [-0.4, -0.2) is 28.9 Å². The third-order valence-corrected chi connectivity index (χ3v) is 4.61. The standard InChI is InChI=1S/C14H12ClN3O3.C9H11NO2/c15-10-4-5-12(13(16)7-10)14(19)17-8-9-2-1-3-11(6-9)18(20)21;1-12-9(11)6-5-8-4-2-3-7-10-8/h1-7H,8,16H2,(H,17,19);2-4,7H,5-6H2,1H3. The van der Waals surface area contributed by atoms with Crippen molar-refractivity contribution in [3.63, 3.8) is 0 Å². The number of carbonyl (C=O) groups excluding carboxylic acids is 2. The van der Waals surface area contributed by atoms with Gasteiger partial charge in [0.15, 0.2) is 0 Å². The van der Waals surface area contributed by atoms with E-state index in [0.29, 0.717) is 29.0 Å². The van der Waals surface area contributed by atoms with Crippen molar-refractivity contribution in [1.29, 1.82) is 0 Å². The quantitative estimate of drug-likeness (QED) is 0.231. The van der Waals surface area contributed by atoms with E-state index in [-0.39, 0.29) is 29.8 Å². The van der Waals surface area contributed by atoms with Crippen LogP contribution in [0.3, 0.4) is 0 Å². The van der Waals surface area contributed by atoms with Gasteiger partial charge in [0.1, 0.15) is 0 Å². The van der Waals surface area contributed by atoms with Gasteiger partial charge in [-0.2, -0.15) is 0 Å². The van der Waals surface area contributed by atoms with Crippen molar-refractivity contribution in [1.82, 2.24) is 10.3 Å². The highest BCUT2D eigenvalue weighted by Crippen LogP contribution is 2.18. The van der Waals surface area contributed by atoms with Gasteiger partial charge in [0.2, 0.25) is 0 Å². The van der Waals surface area contributed by atoms with E-state index in [1.807, 2.05) is 18.2 Å². The van der Waals surface area contributed by atoms with Crippen molar-refractivity contribution >= 4 is 34.9 Å². The fourth-order valence-electron chi connectivity index (χ4n) is 2.68. The van der Waals surface area contributed by atoms with Gasteiger partial charge >= 0.3 is 5.97 Å². The summed E-state index contributed by atoms with van der Waals surface area (Å²) in [6.07, 6.45) is 2.76. The minimum absolute atomic E-state index is 0.0206. The smallest absolute Gasteiger partial charge is 0.305 e. The second-order valence-corrected chi connectivity index (χ2v) is 7.17. The first-order valence-electron chi connectivity index (χ1n) is 9.83. The van der Waals surface area contributed by atoms with Gasteiger partial charge in [-0.3, -0.25) is 24.7 Å².